The van der Waals surface area contributed by atoms with Gasteiger partial charge in [0.2, 0.25) is 5.91 Å². The first-order valence-corrected chi connectivity index (χ1v) is 9.51. The minimum atomic E-state index is -0.678. The molecule has 1 aliphatic rings. The lowest BCUT2D eigenvalue weighted by atomic mass is 10.1. The Morgan fingerprint density at radius 3 is 2.43 bits per heavy atom. The number of hydrogen-bond donors (Lipinski definition) is 1. The molecule has 1 fully saturated rings. The Morgan fingerprint density at radius 2 is 1.73 bits per heavy atom. The SMILES string of the molecule is COC(=O)COc1cccc(CNC(=O)CCCCC(=O)ON2C(=O)CCC2=O)c1. The second-order valence-corrected chi connectivity index (χ2v) is 6.54. The molecule has 1 aromatic rings. The number of imide groups is 1. The van der Waals surface area contributed by atoms with Gasteiger partial charge in [0.25, 0.3) is 11.8 Å². The topological polar surface area (TPSA) is 128 Å². The highest BCUT2D eigenvalue weighted by molar-refractivity contribution is 6.01. The molecule has 162 valence electrons. The maximum absolute atomic E-state index is 11.9. The van der Waals surface area contributed by atoms with E-state index in [0.29, 0.717) is 23.7 Å². The Balaban J connectivity index is 1.62. The van der Waals surface area contributed by atoms with E-state index in [1.807, 2.05) is 6.07 Å². The van der Waals surface area contributed by atoms with Crippen LogP contribution in [0.3, 0.4) is 0 Å². The summed E-state index contributed by atoms with van der Waals surface area (Å²) in [7, 11) is 1.27. The van der Waals surface area contributed by atoms with Crippen molar-refractivity contribution in [1.29, 1.82) is 0 Å². The van der Waals surface area contributed by atoms with E-state index in [0.717, 1.165) is 5.56 Å². The quantitative estimate of drug-likeness (QED) is 0.319. The van der Waals surface area contributed by atoms with Gasteiger partial charge in [0, 0.05) is 32.2 Å². The van der Waals surface area contributed by atoms with Crippen molar-refractivity contribution >= 4 is 29.7 Å². The molecule has 0 atom stereocenters. The lowest BCUT2D eigenvalue weighted by Crippen LogP contribution is -2.32. The minimum Gasteiger partial charge on any atom is -0.482 e. The van der Waals surface area contributed by atoms with Crippen molar-refractivity contribution in [3.05, 3.63) is 29.8 Å². The summed E-state index contributed by atoms with van der Waals surface area (Å²) in [5.74, 6) is -1.91. The minimum absolute atomic E-state index is 0.00389. The number of unbranched alkanes of at least 4 members (excludes halogenated alkanes) is 1. The molecule has 3 amide bonds. The Morgan fingerprint density at radius 1 is 1.03 bits per heavy atom. The number of carbonyl (C=O) groups is 5. The van der Waals surface area contributed by atoms with Gasteiger partial charge in [-0.2, -0.15) is 0 Å². The van der Waals surface area contributed by atoms with Gasteiger partial charge in [-0.25, -0.2) is 9.59 Å². The Bertz CT molecular complexity index is 792. The summed E-state index contributed by atoms with van der Waals surface area (Å²) in [5, 5.41) is 3.27. The third kappa shape index (κ3) is 7.53. The smallest absolute Gasteiger partial charge is 0.343 e. The van der Waals surface area contributed by atoms with E-state index in [1.165, 1.54) is 7.11 Å². The number of benzene rings is 1. The average Bonchev–Trinajstić information content (AvgIpc) is 3.05. The summed E-state index contributed by atoms with van der Waals surface area (Å²) in [5.41, 5.74) is 0.800. The Kier molecular flexibility index (Phi) is 8.79. The van der Waals surface area contributed by atoms with Crippen LogP contribution in [0.15, 0.2) is 24.3 Å². The third-order valence-electron chi connectivity index (χ3n) is 4.21. The fraction of sp³-hybridized carbons (Fsp3) is 0.450. The van der Waals surface area contributed by atoms with Gasteiger partial charge in [-0.05, 0) is 30.5 Å². The van der Waals surface area contributed by atoms with Crippen LogP contribution in [0.4, 0.5) is 0 Å². The van der Waals surface area contributed by atoms with Crippen LogP contribution < -0.4 is 10.1 Å². The van der Waals surface area contributed by atoms with Gasteiger partial charge in [0.15, 0.2) is 6.61 Å². The number of carbonyl (C=O) groups excluding carboxylic acids is 5. The second kappa shape index (κ2) is 11.5. The molecule has 2 rings (SSSR count). The standard InChI is InChI=1S/C20H24N2O8/c1-28-20(27)13-29-15-6-4-5-14(11-15)12-21-16(23)7-2-3-8-19(26)30-22-17(24)9-10-18(22)25/h4-6,11H,2-3,7-10,12-13H2,1H3,(H,21,23). The normalized spacial score (nSPS) is 13.2. The monoisotopic (exact) mass is 420 g/mol. The highest BCUT2D eigenvalue weighted by Crippen LogP contribution is 2.14. The summed E-state index contributed by atoms with van der Waals surface area (Å²) in [6.45, 7) is 0.0876. The molecule has 0 spiro atoms. The van der Waals surface area contributed by atoms with Crippen LogP contribution in [0.2, 0.25) is 0 Å². The van der Waals surface area contributed by atoms with Crippen molar-refractivity contribution in [2.75, 3.05) is 13.7 Å². The number of hydrogen-bond acceptors (Lipinski definition) is 8. The second-order valence-electron chi connectivity index (χ2n) is 6.54. The number of ether oxygens (including phenoxy) is 2. The molecule has 10 nitrogen and oxygen atoms in total. The molecule has 30 heavy (non-hydrogen) atoms. The predicted octanol–water partition coefficient (Wildman–Crippen LogP) is 1.02. The highest BCUT2D eigenvalue weighted by Gasteiger charge is 2.32. The van der Waals surface area contributed by atoms with E-state index in [1.54, 1.807) is 18.2 Å². The van der Waals surface area contributed by atoms with Gasteiger partial charge in [0.1, 0.15) is 5.75 Å². The van der Waals surface area contributed by atoms with Crippen LogP contribution in [-0.2, 0) is 40.1 Å². The zero-order valence-corrected chi connectivity index (χ0v) is 16.7. The summed E-state index contributed by atoms with van der Waals surface area (Å²) in [4.78, 5) is 62.2. The summed E-state index contributed by atoms with van der Waals surface area (Å²) in [6.07, 6.45) is 1.15. The summed E-state index contributed by atoms with van der Waals surface area (Å²) >= 11 is 0. The summed E-state index contributed by atoms with van der Waals surface area (Å²) in [6, 6.07) is 6.95. The van der Waals surface area contributed by atoms with E-state index >= 15 is 0 Å². The molecule has 0 saturated carbocycles. The van der Waals surface area contributed by atoms with Crippen molar-refractivity contribution in [3.63, 3.8) is 0 Å². The highest BCUT2D eigenvalue weighted by atomic mass is 16.7. The van der Waals surface area contributed by atoms with Crippen molar-refractivity contribution in [1.82, 2.24) is 10.4 Å². The molecule has 1 N–H and O–H groups in total. The van der Waals surface area contributed by atoms with E-state index < -0.39 is 23.8 Å². The fourth-order valence-corrected chi connectivity index (χ4v) is 2.60. The van der Waals surface area contributed by atoms with E-state index in [-0.39, 0.29) is 44.7 Å². The number of rotatable bonds is 11. The Labute approximate surface area is 173 Å². The fourth-order valence-electron chi connectivity index (χ4n) is 2.60. The zero-order chi connectivity index (χ0) is 21.9. The van der Waals surface area contributed by atoms with Crippen molar-refractivity contribution in [2.24, 2.45) is 0 Å². The lowest BCUT2D eigenvalue weighted by Gasteiger charge is -2.12. The largest absolute Gasteiger partial charge is 0.482 e. The third-order valence-corrected chi connectivity index (χ3v) is 4.21. The predicted molar refractivity (Wildman–Crippen MR) is 101 cm³/mol. The van der Waals surface area contributed by atoms with E-state index in [2.05, 4.69) is 10.1 Å². The molecule has 0 unspecified atom stereocenters. The van der Waals surface area contributed by atoms with Gasteiger partial charge < -0.3 is 19.6 Å². The first-order chi connectivity index (χ1) is 14.4. The van der Waals surface area contributed by atoms with E-state index in [9.17, 15) is 24.0 Å². The molecule has 1 saturated heterocycles. The van der Waals surface area contributed by atoms with Crippen LogP contribution in [0.1, 0.15) is 44.1 Å². The summed E-state index contributed by atoms with van der Waals surface area (Å²) < 4.78 is 9.80. The molecule has 1 aromatic carbocycles. The maximum atomic E-state index is 11.9. The first kappa shape index (κ1) is 22.9. The number of amides is 3. The number of hydroxylamine groups is 2. The van der Waals surface area contributed by atoms with Crippen LogP contribution in [0, 0.1) is 0 Å². The lowest BCUT2D eigenvalue weighted by molar-refractivity contribution is -0.197. The van der Waals surface area contributed by atoms with Gasteiger partial charge >= 0.3 is 11.9 Å². The molecule has 0 aliphatic carbocycles. The zero-order valence-electron chi connectivity index (χ0n) is 16.7. The van der Waals surface area contributed by atoms with Crippen LogP contribution in [-0.4, -0.2) is 48.4 Å². The van der Waals surface area contributed by atoms with Crippen LogP contribution in [0.5, 0.6) is 5.75 Å². The molecule has 1 heterocycles. The van der Waals surface area contributed by atoms with Gasteiger partial charge in [0.05, 0.1) is 7.11 Å². The van der Waals surface area contributed by atoms with Crippen LogP contribution in [0.25, 0.3) is 0 Å². The maximum Gasteiger partial charge on any atom is 0.343 e. The van der Waals surface area contributed by atoms with E-state index in [4.69, 9.17) is 9.57 Å². The van der Waals surface area contributed by atoms with Gasteiger partial charge in [-0.15, -0.1) is 5.06 Å². The molecule has 1 aliphatic heterocycles. The Hall–Kier alpha value is -3.43. The van der Waals surface area contributed by atoms with Crippen LogP contribution >= 0.6 is 0 Å². The van der Waals surface area contributed by atoms with Crippen molar-refractivity contribution < 1.29 is 38.3 Å². The molecule has 0 bridgehead atoms. The number of nitrogens with zero attached hydrogens (tertiary/aromatic N) is 1. The number of esters is 1. The molecular weight excluding hydrogens is 396 g/mol. The molecule has 0 radical (unpaired) electrons. The first-order valence-electron chi connectivity index (χ1n) is 9.51. The molecule has 10 heteroatoms. The molecule has 0 aromatic heterocycles. The average molecular weight is 420 g/mol. The van der Waals surface area contributed by atoms with Gasteiger partial charge in [-0.1, -0.05) is 12.1 Å². The van der Waals surface area contributed by atoms with Crippen molar-refractivity contribution in [2.45, 2.75) is 45.1 Å². The number of methoxy groups -OCH3 is 1. The molecular formula is C20H24N2O8. The number of nitrogens with one attached hydrogen (secondary N) is 1. The van der Waals surface area contributed by atoms with Crippen molar-refractivity contribution in [3.8, 4) is 5.75 Å². The van der Waals surface area contributed by atoms with Gasteiger partial charge in [-0.3, -0.25) is 14.4 Å².